The number of carboxylic acid groups (broad SMARTS) is 2. The number of aromatic nitrogens is 2. The first kappa shape index (κ1) is 13.3. The predicted octanol–water partition coefficient (Wildman–Crippen LogP) is -0.275. The number of hydrogen-bond acceptors (Lipinski definition) is 7. The molecule has 0 amide bonds. The number of rotatable bonds is 6. The number of anilines is 1. The second-order valence-electron chi connectivity index (χ2n) is 3.16. The summed E-state index contributed by atoms with van der Waals surface area (Å²) in [5.41, 5.74) is -0.356. The predicted molar refractivity (Wildman–Crippen MR) is 56.0 cm³/mol. The maximum Gasteiger partial charge on any atom is 0.326 e. The average Bonchev–Trinajstić information content (AvgIpc) is 2.28. The molecule has 10 heteroatoms. The van der Waals surface area contributed by atoms with Gasteiger partial charge in [0, 0.05) is 0 Å². The largest absolute Gasteiger partial charge is 0.481 e. The second-order valence-corrected chi connectivity index (χ2v) is 3.16. The molecular formula is C8H8N4O6. The van der Waals surface area contributed by atoms with Gasteiger partial charge in [-0.1, -0.05) is 0 Å². The Morgan fingerprint density at radius 2 is 1.94 bits per heavy atom. The maximum absolute atomic E-state index is 10.7. The van der Waals surface area contributed by atoms with E-state index in [0.717, 1.165) is 12.4 Å². The van der Waals surface area contributed by atoms with Crippen molar-refractivity contribution in [3.05, 3.63) is 22.5 Å². The molecule has 0 saturated carbocycles. The van der Waals surface area contributed by atoms with Gasteiger partial charge >= 0.3 is 17.6 Å². The lowest BCUT2D eigenvalue weighted by molar-refractivity contribution is -0.385. The summed E-state index contributed by atoms with van der Waals surface area (Å²) in [6.07, 6.45) is 1.10. The summed E-state index contributed by atoms with van der Waals surface area (Å²) in [5.74, 6) is -2.90. The van der Waals surface area contributed by atoms with Crippen LogP contribution in [0.5, 0.6) is 0 Å². The van der Waals surface area contributed by atoms with Crippen LogP contribution < -0.4 is 5.32 Å². The summed E-state index contributed by atoms with van der Waals surface area (Å²) in [4.78, 5) is 37.8. The molecule has 1 heterocycles. The van der Waals surface area contributed by atoms with Crippen LogP contribution in [-0.4, -0.2) is 43.1 Å². The highest BCUT2D eigenvalue weighted by Gasteiger charge is 2.22. The highest BCUT2D eigenvalue weighted by Crippen LogP contribution is 2.09. The number of nitrogens with zero attached hydrogens (tertiary/aromatic N) is 3. The molecule has 96 valence electrons. The second kappa shape index (κ2) is 5.52. The van der Waals surface area contributed by atoms with Crippen LogP contribution in [0.2, 0.25) is 0 Å². The van der Waals surface area contributed by atoms with E-state index in [1.165, 1.54) is 0 Å². The van der Waals surface area contributed by atoms with E-state index < -0.39 is 29.3 Å². The van der Waals surface area contributed by atoms with Gasteiger partial charge in [0.15, 0.2) is 0 Å². The van der Waals surface area contributed by atoms with Crippen molar-refractivity contribution >= 4 is 23.6 Å². The fourth-order valence-corrected chi connectivity index (χ4v) is 1.02. The fourth-order valence-electron chi connectivity index (χ4n) is 1.02. The van der Waals surface area contributed by atoms with E-state index in [-0.39, 0.29) is 11.6 Å². The first-order valence-corrected chi connectivity index (χ1v) is 4.57. The van der Waals surface area contributed by atoms with Crippen LogP contribution in [0, 0.1) is 10.1 Å². The summed E-state index contributed by atoms with van der Waals surface area (Å²) < 4.78 is 0. The molecule has 1 unspecified atom stereocenters. The zero-order valence-corrected chi connectivity index (χ0v) is 8.81. The molecular weight excluding hydrogens is 248 g/mol. The van der Waals surface area contributed by atoms with Crippen molar-refractivity contribution in [2.45, 2.75) is 12.5 Å². The van der Waals surface area contributed by atoms with Crippen LogP contribution in [0.4, 0.5) is 11.6 Å². The number of carbonyl (C=O) groups is 2. The van der Waals surface area contributed by atoms with E-state index in [1.54, 1.807) is 0 Å². The van der Waals surface area contributed by atoms with Crippen molar-refractivity contribution in [1.82, 2.24) is 9.97 Å². The normalized spacial score (nSPS) is 11.6. The topological polar surface area (TPSA) is 156 Å². The molecule has 0 aliphatic heterocycles. The minimum atomic E-state index is -1.41. The third-order valence-electron chi connectivity index (χ3n) is 1.83. The first-order valence-electron chi connectivity index (χ1n) is 4.57. The van der Waals surface area contributed by atoms with E-state index in [4.69, 9.17) is 10.2 Å². The van der Waals surface area contributed by atoms with Crippen LogP contribution in [-0.2, 0) is 9.59 Å². The zero-order chi connectivity index (χ0) is 13.7. The molecule has 0 radical (unpaired) electrons. The summed E-state index contributed by atoms with van der Waals surface area (Å²) in [6.45, 7) is 0. The minimum Gasteiger partial charge on any atom is -0.481 e. The van der Waals surface area contributed by atoms with Crippen molar-refractivity contribution in [3.63, 3.8) is 0 Å². The van der Waals surface area contributed by atoms with Crippen LogP contribution in [0.3, 0.4) is 0 Å². The monoisotopic (exact) mass is 256 g/mol. The van der Waals surface area contributed by atoms with Crippen LogP contribution in [0.25, 0.3) is 0 Å². The molecule has 1 atom stereocenters. The summed E-state index contributed by atoms with van der Waals surface area (Å²) >= 11 is 0. The van der Waals surface area contributed by atoms with Crippen molar-refractivity contribution in [2.24, 2.45) is 0 Å². The average molecular weight is 256 g/mol. The summed E-state index contributed by atoms with van der Waals surface area (Å²) in [7, 11) is 0. The van der Waals surface area contributed by atoms with Crippen LogP contribution >= 0.6 is 0 Å². The van der Waals surface area contributed by atoms with Gasteiger partial charge in [-0.2, -0.15) is 0 Å². The Balaban J connectivity index is 2.78. The Kier molecular flexibility index (Phi) is 4.07. The van der Waals surface area contributed by atoms with Gasteiger partial charge < -0.3 is 15.5 Å². The molecule has 0 aliphatic carbocycles. The Labute approximate surface area is 99.4 Å². The van der Waals surface area contributed by atoms with Gasteiger partial charge in [-0.15, -0.1) is 0 Å². The smallest absolute Gasteiger partial charge is 0.326 e. The van der Waals surface area contributed by atoms with E-state index >= 15 is 0 Å². The van der Waals surface area contributed by atoms with Crippen molar-refractivity contribution < 1.29 is 24.7 Å². The SMILES string of the molecule is O=C(O)CC(Nc1ncc([N+](=O)[O-])cn1)C(=O)O. The minimum absolute atomic E-state index is 0.200. The lowest BCUT2D eigenvalue weighted by atomic mass is 10.2. The summed E-state index contributed by atoms with van der Waals surface area (Å²) in [5, 5.41) is 29.8. The van der Waals surface area contributed by atoms with E-state index in [2.05, 4.69) is 15.3 Å². The molecule has 1 rings (SSSR count). The van der Waals surface area contributed by atoms with Gasteiger partial charge in [-0.05, 0) is 0 Å². The molecule has 0 bridgehead atoms. The van der Waals surface area contributed by atoms with Crippen LogP contribution in [0.15, 0.2) is 12.4 Å². The van der Waals surface area contributed by atoms with E-state index in [9.17, 15) is 19.7 Å². The molecule has 10 nitrogen and oxygen atoms in total. The van der Waals surface area contributed by atoms with Gasteiger partial charge in [-0.3, -0.25) is 14.9 Å². The fraction of sp³-hybridized carbons (Fsp3) is 0.250. The van der Waals surface area contributed by atoms with Crippen molar-refractivity contribution in [1.29, 1.82) is 0 Å². The standard InChI is InChI=1S/C8H8N4O6/c13-6(14)1-5(7(15)16)11-8-9-2-4(3-10-8)12(17)18/h2-3,5H,1H2,(H,13,14)(H,15,16)(H,9,10,11). The van der Waals surface area contributed by atoms with E-state index in [0.29, 0.717) is 0 Å². The number of aliphatic carboxylic acids is 2. The number of nitro groups is 1. The lowest BCUT2D eigenvalue weighted by Crippen LogP contribution is -2.32. The highest BCUT2D eigenvalue weighted by atomic mass is 16.6. The number of hydrogen-bond donors (Lipinski definition) is 3. The maximum atomic E-state index is 10.7. The lowest BCUT2D eigenvalue weighted by Gasteiger charge is -2.11. The number of nitrogens with one attached hydrogen (secondary N) is 1. The Bertz CT molecular complexity index is 473. The molecule has 0 spiro atoms. The number of carboxylic acids is 2. The van der Waals surface area contributed by atoms with Gasteiger partial charge in [0.2, 0.25) is 5.95 Å². The Morgan fingerprint density at radius 3 is 2.33 bits per heavy atom. The quantitative estimate of drug-likeness (QED) is 0.460. The molecule has 18 heavy (non-hydrogen) atoms. The molecule has 0 fully saturated rings. The van der Waals surface area contributed by atoms with Crippen LogP contribution in [0.1, 0.15) is 6.42 Å². The Hall–Kier alpha value is -2.78. The van der Waals surface area contributed by atoms with Gasteiger partial charge in [0.25, 0.3) is 0 Å². The third kappa shape index (κ3) is 3.66. The Morgan fingerprint density at radius 1 is 1.39 bits per heavy atom. The molecule has 3 N–H and O–H groups in total. The molecule has 1 aromatic heterocycles. The van der Waals surface area contributed by atoms with Gasteiger partial charge in [-0.25, -0.2) is 14.8 Å². The first-order chi connectivity index (χ1) is 8.40. The van der Waals surface area contributed by atoms with E-state index in [1.807, 2.05) is 0 Å². The molecule has 0 aromatic carbocycles. The van der Waals surface area contributed by atoms with Crippen molar-refractivity contribution in [3.8, 4) is 0 Å². The molecule has 1 aromatic rings. The van der Waals surface area contributed by atoms with Crippen molar-refractivity contribution in [2.75, 3.05) is 5.32 Å². The summed E-state index contributed by atoms with van der Waals surface area (Å²) in [6, 6.07) is -1.41. The molecule has 0 saturated heterocycles. The molecule has 0 aliphatic rings. The highest BCUT2D eigenvalue weighted by molar-refractivity contribution is 5.82. The van der Waals surface area contributed by atoms with Gasteiger partial charge in [0.05, 0.1) is 11.3 Å². The zero-order valence-electron chi connectivity index (χ0n) is 8.81. The van der Waals surface area contributed by atoms with Gasteiger partial charge in [0.1, 0.15) is 18.4 Å². The third-order valence-corrected chi connectivity index (χ3v) is 1.83.